The third-order valence-corrected chi connectivity index (χ3v) is 10.3. The zero-order valence-electron chi connectivity index (χ0n) is 26.8. The van der Waals surface area contributed by atoms with Crippen LogP contribution in [0.4, 0.5) is 0 Å². The van der Waals surface area contributed by atoms with Crippen molar-refractivity contribution in [3.8, 4) is 33.4 Å². The molecule has 226 valence electrons. The monoisotopic (exact) mass is 613 g/mol. The Bertz CT molecular complexity index is 2950. The highest BCUT2D eigenvalue weighted by Gasteiger charge is 2.21. The maximum absolute atomic E-state index is 5.19. The van der Waals surface area contributed by atoms with E-state index in [1.807, 2.05) is 12.3 Å². The minimum Gasteiger partial charge on any atom is -0.292 e. The van der Waals surface area contributed by atoms with Gasteiger partial charge in [-0.25, -0.2) is 4.98 Å². The van der Waals surface area contributed by atoms with Gasteiger partial charge in [-0.2, -0.15) is 0 Å². The van der Waals surface area contributed by atoms with Crippen LogP contribution >= 0.6 is 0 Å². The first-order chi connectivity index (χ1) is 23.7. The summed E-state index contributed by atoms with van der Waals surface area (Å²) in [7, 11) is 0. The Kier molecular flexibility index (Phi) is 5.77. The van der Waals surface area contributed by atoms with Gasteiger partial charge >= 0.3 is 0 Å². The predicted molar refractivity (Wildman–Crippen MR) is 202 cm³/mol. The lowest BCUT2D eigenvalue weighted by Crippen LogP contribution is -2.28. The van der Waals surface area contributed by atoms with Gasteiger partial charge in [-0.05, 0) is 104 Å². The Morgan fingerprint density at radius 3 is 2.31 bits per heavy atom. The normalized spacial score (nSPS) is 13.0. The van der Waals surface area contributed by atoms with E-state index < -0.39 is 0 Å². The molecule has 3 heterocycles. The number of hydrogen-bond donors (Lipinski definition) is 0. The molecule has 0 fully saturated rings. The molecule has 0 saturated heterocycles. The Labute approximate surface area is 277 Å². The van der Waals surface area contributed by atoms with Crippen molar-refractivity contribution in [1.29, 1.82) is 0 Å². The zero-order valence-corrected chi connectivity index (χ0v) is 26.8. The lowest BCUT2D eigenvalue weighted by Gasteiger charge is -2.13. The molecule has 0 aliphatic heterocycles. The molecule has 0 radical (unpaired) electrons. The summed E-state index contributed by atoms with van der Waals surface area (Å²) >= 11 is 0. The predicted octanol–water partition coefficient (Wildman–Crippen LogP) is 10.1. The average Bonchev–Trinajstić information content (AvgIpc) is 3.70. The number of nitrogens with zero attached hydrogens (tertiary/aromatic N) is 3. The molecule has 3 nitrogen and oxygen atoms in total. The minimum absolute atomic E-state index is 0.944. The van der Waals surface area contributed by atoms with Crippen molar-refractivity contribution in [1.82, 2.24) is 14.4 Å². The fourth-order valence-electron chi connectivity index (χ4n) is 8.23. The lowest BCUT2D eigenvalue weighted by molar-refractivity contribution is 1.23. The van der Waals surface area contributed by atoms with Crippen LogP contribution in [0.5, 0.6) is 0 Å². The highest BCUT2D eigenvalue weighted by atomic mass is 15.0. The largest absolute Gasteiger partial charge is 0.292 e. The summed E-state index contributed by atoms with van der Waals surface area (Å²) < 4.78 is 2.33. The van der Waals surface area contributed by atoms with Crippen molar-refractivity contribution < 1.29 is 0 Å². The molecule has 3 aromatic heterocycles. The smallest absolute Gasteiger partial charge is 0.148 e. The van der Waals surface area contributed by atoms with Gasteiger partial charge in [0.15, 0.2) is 0 Å². The topological polar surface area (TPSA) is 30.2 Å². The first kappa shape index (κ1) is 27.1. The van der Waals surface area contributed by atoms with Crippen LogP contribution in [0.3, 0.4) is 0 Å². The Balaban J connectivity index is 1.21. The van der Waals surface area contributed by atoms with Crippen LogP contribution in [-0.4, -0.2) is 14.4 Å². The molecule has 0 atom stereocenters. The van der Waals surface area contributed by atoms with Crippen molar-refractivity contribution >= 4 is 60.9 Å². The summed E-state index contributed by atoms with van der Waals surface area (Å²) in [5.41, 5.74) is 15.5. The van der Waals surface area contributed by atoms with Crippen LogP contribution in [0.1, 0.15) is 25.8 Å². The van der Waals surface area contributed by atoms with E-state index in [2.05, 4.69) is 146 Å². The first-order valence-corrected chi connectivity index (χ1v) is 16.8. The first-order valence-electron chi connectivity index (χ1n) is 16.8. The van der Waals surface area contributed by atoms with Crippen molar-refractivity contribution in [2.45, 2.75) is 20.3 Å². The number of rotatable bonds is 3. The van der Waals surface area contributed by atoms with E-state index in [0.29, 0.717) is 0 Å². The fraction of sp³-hybridized carbons (Fsp3) is 0.0667. The van der Waals surface area contributed by atoms with Gasteiger partial charge in [0.25, 0.3) is 0 Å². The average molecular weight is 614 g/mol. The van der Waals surface area contributed by atoms with Crippen LogP contribution in [0.2, 0.25) is 0 Å². The number of pyridine rings is 2. The van der Waals surface area contributed by atoms with E-state index in [0.717, 1.165) is 44.9 Å². The number of aromatic nitrogens is 3. The molecule has 48 heavy (non-hydrogen) atoms. The lowest BCUT2D eigenvalue weighted by atomic mass is 9.94. The van der Waals surface area contributed by atoms with Gasteiger partial charge in [0.2, 0.25) is 0 Å². The summed E-state index contributed by atoms with van der Waals surface area (Å²) in [4.78, 5) is 10.0. The molecule has 6 aromatic carbocycles. The molecule has 0 spiro atoms. The molecule has 1 aliphatic rings. The van der Waals surface area contributed by atoms with Gasteiger partial charge < -0.3 is 0 Å². The Hall–Kier alpha value is -6.06. The van der Waals surface area contributed by atoms with Crippen LogP contribution in [0.15, 0.2) is 134 Å². The quantitative estimate of drug-likeness (QED) is 0.186. The van der Waals surface area contributed by atoms with Gasteiger partial charge in [0.05, 0.1) is 27.5 Å². The van der Waals surface area contributed by atoms with Gasteiger partial charge in [0.1, 0.15) is 5.65 Å². The van der Waals surface area contributed by atoms with E-state index in [4.69, 9.17) is 9.97 Å². The van der Waals surface area contributed by atoms with Crippen molar-refractivity contribution in [2.75, 3.05) is 0 Å². The van der Waals surface area contributed by atoms with Crippen molar-refractivity contribution in [3.05, 3.63) is 150 Å². The molecule has 9 aromatic rings. The van der Waals surface area contributed by atoms with Crippen LogP contribution in [0, 0.1) is 0 Å². The van der Waals surface area contributed by atoms with Crippen LogP contribution < -0.4 is 10.4 Å². The molecule has 1 aliphatic carbocycles. The Morgan fingerprint density at radius 1 is 0.625 bits per heavy atom. The fourth-order valence-corrected chi connectivity index (χ4v) is 8.23. The highest BCUT2D eigenvalue weighted by Crippen LogP contribution is 2.38. The van der Waals surface area contributed by atoms with Crippen LogP contribution in [0.25, 0.3) is 94.3 Å². The number of para-hydroxylation sites is 2. The van der Waals surface area contributed by atoms with E-state index >= 15 is 0 Å². The minimum atomic E-state index is 0.944. The number of imidazole rings is 1. The highest BCUT2D eigenvalue weighted by molar-refractivity contribution is 6.22. The summed E-state index contributed by atoms with van der Waals surface area (Å²) in [6.45, 7) is 4.45. The van der Waals surface area contributed by atoms with Gasteiger partial charge in [-0.15, -0.1) is 0 Å². The van der Waals surface area contributed by atoms with Gasteiger partial charge in [0, 0.05) is 17.0 Å². The van der Waals surface area contributed by atoms with E-state index in [1.54, 1.807) is 0 Å². The second-order valence-electron chi connectivity index (χ2n) is 12.8. The summed E-state index contributed by atoms with van der Waals surface area (Å²) in [6, 6.07) is 46.4. The SMILES string of the molecule is C/C=c1/c(-c2cccc(-c3ccc4c5ccc6cccnc6c5c5nc6ccccc6n5c4c3)c2)ccc2c1=C(CC)c1ccccc1-2. The van der Waals surface area contributed by atoms with E-state index in [1.165, 1.54) is 65.7 Å². The Morgan fingerprint density at radius 2 is 1.42 bits per heavy atom. The summed E-state index contributed by atoms with van der Waals surface area (Å²) in [5, 5.41) is 7.28. The molecule has 0 amide bonds. The van der Waals surface area contributed by atoms with Crippen LogP contribution in [-0.2, 0) is 0 Å². The van der Waals surface area contributed by atoms with Crippen molar-refractivity contribution in [2.24, 2.45) is 0 Å². The molecule has 0 unspecified atom stereocenters. The number of fused-ring (bicyclic) bond motifs is 13. The van der Waals surface area contributed by atoms with E-state index in [-0.39, 0.29) is 0 Å². The number of benzene rings is 6. The molecule has 0 saturated carbocycles. The third kappa shape index (κ3) is 3.70. The van der Waals surface area contributed by atoms with E-state index in [9.17, 15) is 0 Å². The summed E-state index contributed by atoms with van der Waals surface area (Å²) in [6.07, 6.45) is 5.18. The van der Waals surface area contributed by atoms with Gasteiger partial charge in [-0.1, -0.05) is 110 Å². The maximum atomic E-state index is 5.19. The second-order valence-corrected chi connectivity index (χ2v) is 12.8. The second kappa shape index (κ2) is 10.2. The summed E-state index contributed by atoms with van der Waals surface area (Å²) in [5.74, 6) is 0. The molecular weight excluding hydrogens is 583 g/mol. The third-order valence-electron chi connectivity index (χ3n) is 10.3. The maximum Gasteiger partial charge on any atom is 0.148 e. The molecule has 0 bridgehead atoms. The molecular formula is C45H31N3. The standard InChI is InChI=1S/C45H31N3/c1-3-31-33(22-23-37-35-15-6-5-14-34(35)32(4-2)42(31)37)30-12-9-11-28(25-30)29-19-20-36-38-21-18-27-13-10-24-46-44(27)43(38)45-47-39-16-7-8-17-40(39)48(45)41(36)26-29/h3,5-26H,4H2,1-2H3/b31-3-. The molecule has 3 heteroatoms. The molecule has 10 rings (SSSR count). The van der Waals surface area contributed by atoms with Crippen molar-refractivity contribution in [3.63, 3.8) is 0 Å². The molecule has 0 N–H and O–H groups in total. The van der Waals surface area contributed by atoms with Gasteiger partial charge in [-0.3, -0.25) is 9.38 Å². The number of hydrogen-bond acceptors (Lipinski definition) is 2. The zero-order chi connectivity index (χ0) is 31.9.